The van der Waals surface area contributed by atoms with E-state index in [1.54, 1.807) is 42.0 Å². The maximum Gasteiger partial charge on any atom is 0.410 e. The minimum atomic E-state index is -1.25. The monoisotopic (exact) mass is 705 g/mol. The molecule has 1 saturated heterocycles. The third kappa shape index (κ3) is 10.8. The Bertz CT molecular complexity index is 1670. The van der Waals surface area contributed by atoms with Crippen LogP contribution < -0.4 is 21.3 Å². The fourth-order valence-electron chi connectivity index (χ4n) is 5.61. The highest BCUT2D eigenvalue weighted by Crippen LogP contribution is 2.24. The molecule has 4 amide bonds. The van der Waals surface area contributed by atoms with Crippen molar-refractivity contribution in [3.05, 3.63) is 77.9 Å². The van der Waals surface area contributed by atoms with Gasteiger partial charge in [0.05, 0.1) is 23.8 Å². The smallest absolute Gasteiger partial charge is 0.410 e. The van der Waals surface area contributed by atoms with Crippen LogP contribution in [0.25, 0.3) is 5.69 Å². The summed E-state index contributed by atoms with van der Waals surface area (Å²) < 4.78 is 6.84. The molecule has 6 N–H and O–H groups in total. The van der Waals surface area contributed by atoms with Crippen molar-refractivity contribution in [3.63, 3.8) is 0 Å². The van der Waals surface area contributed by atoms with Crippen molar-refractivity contribution in [2.75, 3.05) is 20.1 Å². The third-order valence-corrected chi connectivity index (χ3v) is 8.69. The number of carboxylic acid groups (broad SMARTS) is 1. The average molecular weight is 706 g/mol. The zero-order chi connectivity index (χ0) is 37.1. The summed E-state index contributed by atoms with van der Waals surface area (Å²) in [7, 11) is 1.35. The minimum Gasteiger partial charge on any atom is -0.506 e. The molecule has 4 atom stereocenters. The number of nitrogens with zero attached hydrogens (tertiary/aromatic N) is 3. The quantitative estimate of drug-likeness (QED) is 0.128. The Morgan fingerprint density at radius 2 is 1.78 bits per heavy atom. The van der Waals surface area contributed by atoms with Crippen molar-refractivity contribution < 1.29 is 38.9 Å². The van der Waals surface area contributed by atoms with Crippen molar-refractivity contribution in [1.29, 1.82) is 0 Å². The van der Waals surface area contributed by atoms with E-state index in [0.29, 0.717) is 24.2 Å². The molecule has 0 spiro atoms. The number of ether oxygens (including phenoxy) is 1. The lowest BCUT2D eigenvalue weighted by molar-refractivity contribution is -0.142. The second kappa shape index (κ2) is 18.0. The van der Waals surface area contributed by atoms with Gasteiger partial charge in [-0.3, -0.25) is 19.3 Å². The summed E-state index contributed by atoms with van der Waals surface area (Å²) >= 11 is 0. The first-order valence-corrected chi connectivity index (χ1v) is 17.0. The van der Waals surface area contributed by atoms with Gasteiger partial charge in [0.2, 0.25) is 17.7 Å². The lowest BCUT2D eigenvalue weighted by Crippen LogP contribution is -2.56. The topological polar surface area (TPSA) is 204 Å². The summed E-state index contributed by atoms with van der Waals surface area (Å²) in [6.07, 6.45) is 4.12. The van der Waals surface area contributed by atoms with Crippen molar-refractivity contribution in [3.8, 4) is 11.4 Å². The summed E-state index contributed by atoms with van der Waals surface area (Å²) in [5.74, 6) is -2.56. The van der Waals surface area contributed by atoms with E-state index in [2.05, 4.69) is 26.3 Å². The highest BCUT2D eigenvalue weighted by Gasteiger charge is 2.30. The van der Waals surface area contributed by atoms with E-state index in [0.717, 1.165) is 29.0 Å². The minimum absolute atomic E-state index is 0.00210. The molecule has 0 bridgehead atoms. The summed E-state index contributed by atoms with van der Waals surface area (Å²) in [6, 6.07) is 10.8. The number of carbonyl (C=O) groups excluding carboxylic acids is 4. The second-order valence-corrected chi connectivity index (χ2v) is 13.0. The largest absolute Gasteiger partial charge is 0.506 e. The summed E-state index contributed by atoms with van der Waals surface area (Å²) in [5.41, 5.74) is 2.30. The number of aliphatic carboxylic acids is 1. The molecule has 15 heteroatoms. The number of hydrogen-bond donors (Lipinski definition) is 6. The molecule has 4 rings (SSSR count). The number of phenolic OH excluding ortho intramolecular Hbond substituents is 1. The Morgan fingerprint density at radius 1 is 1.04 bits per heavy atom. The maximum absolute atomic E-state index is 13.1. The molecular formula is C36H47N7O8. The zero-order valence-electron chi connectivity index (χ0n) is 29.3. The Hall–Kier alpha value is -5.44. The Balaban J connectivity index is 1.31. The van der Waals surface area contributed by atoms with Gasteiger partial charge in [0.25, 0.3) is 0 Å². The van der Waals surface area contributed by atoms with Gasteiger partial charge in [0, 0.05) is 26.2 Å². The number of rotatable bonds is 16. The van der Waals surface area contributed by atoms with Gasteiger partial charge < -0.3 is 40.8 Å². The fourth-order valence-corrected chi connectivity index (χ4v) is 5.61. The van der Waals surface area contributed by atoms with Crippen LogP contribution in [0.1, 0.15) is 50.4 Å². The molecule has 0 radical (unpaired) electrons. The van der Waals surface area contributed by atoms with E-state index in [9.17, 15) is 34.2 Å². The molecule has 3 aromatic rings. The number of benzene rings is 2. The first kappa shape index (κ1) is 38.4. The predicted molar refractivity (Wildman–Crippen MR) is 187 cm³/mol. The van der Waals surface area contributed by atoms with Crippen LogP contribution in [0.4, 0.5) is 4.79 Å². The van der Waals surface area contributed by atoms with Crippen LogP contribution in [0, 0.1) is 5.92 Å². The molecule has 1 aliphatic heterocycles. The molecule has 51 heavy (non-hydrogen) atoms. The van der Waals surface area contributed by atoms with Crippen LogP contribution in [-0.4, -0.2) is 98.8 Å². The van der Waals surface area contributed by atoms with Crippen molar-refractivity contribution in [2.24, 2.45) is 5.92 Å². The number of carbonyl (C=O) groups is 5. The van der Waals surface area contributed by atoms with E-state index in [1.807, 2.05) is 32.0 Å². The first-order valence-electron chi connectivity index (χ1n) is 17.0. The van der Waals surface area contributed by atoms with Gasteiger partial charge in [-0.1, -0.05) is 50.2 Å². The lowest BCUT2D eigenvalue weighted by Gasteiger charge is -2.24. The number of imidazole rings is 1. The zero-order valence-corrected chi connectivity index (χ0v) is 29.3. The molecule has 0 unspecified atom stereocenters. The van der Waals surface area contributed by atoms with Crippen molar-refractivity contribution >= 4 is 29.8 Å². The Labute approximate surface area is 296 Å². The van der Waals surface area contributed by atoms with Crippen LogP contribution in [0.15, 0.2) is 61.1 Å². The van der Waals surface area contributed by atoms with Crippen LogP contribution in [-0.2, 0) is 43.4 Å². The highest BCUT2D eigenvalue weighted by atomic mass is 16.6. The van der Waals surface area contributed by atoms with Crippen LogP contribution >= 0.6 is 0 Å². The van der Waals surface area contributed by atoms with Crippen LogP contribution in [0.5, 0.6) is 5.75 Å². The second-order valence-electron chi connectivity index (χ2n) is 13.0. The van der Waals surface area contributed by atoms with E-state index in [4.69, 9.17) is 4.74 Å². The number of nitrogens with one attached hydrogen (secondary N) is 4. The molecule has 2 aromatic carbocycles. The molecule has 1 aromatic heterocycles. The van der Waals surface area contributed by atoms with E-state index in [1.165, 1.54) is 19.4 Å². The van der Waals surface area contributed by atoms with Gasteiger partial charge in [0.15, 0.2) is 0 Å². The number of hydrogen-bond acceptors (Lipinski definition) is 9. The number of amides is 4. The molecule has 0 saturated carbocycles. The number of phenols is 1. The van der Waals surface area contributed by atoms with Crippen LogP contribution in [0.3, 0.4) is 0 Å². The molecule has 2 heterocycles. The normalized spacial score (nSPS) is 15.7. The number of aromatic hydroxyl groups is 1. The van der Waals surface area contributed by atoms with E-state index < -0.39 is 36.1 Å². The van der Waals surface area contributed by atoms with Gasteiger partial charge in [-0.2, -0.15) is 0 Å². The first-order chi connectivity index (χ1) is 24.3. The molecule has 15 nitrogen and oxygen atoms in total. The molecule has 274 valence electrons. The van der Waals surface area contributed by atoms with Crippen molar-refractivity contribution in [2.45, 2.75) is 77.2 Å². The third-order valence-electron chi connectivity index (χ3n) is 8.69. The van der Waals surface area contributed by atoms with Gasteiger partial charge in [-0.15, -0.1) is 0 Å². The Kier molecular flexibility index (Phi) is 13.5. The Morgan fingerprint density at radius 3 is 2.45 bits per heavy atom. The number of likely N-dealkylation sites (N-methyl/N-ethyl adjacent to an activating group) is 1. The highest BCUT2D eigenvalue weighted by molar-refractivity contribution is 5.93. The van der Waals surface area contributed by atoms with Gasteiger partial charge in [-0.05, 0) is 61.9 Å². The van der Waals surface area contributed by atoms with Crippen LogP contribution in [0.2, 0.25) is 0 Å². The van der Waals surface area contributed by atoms with E-state index in [-0.39, 0.29) is 49.1 Å². The van der Waals surface area contributed by atoms with Gasteiger partial charge in [0.1, 0.15) is 30.5 Å². The molecule has 1 aliphatic rings. The van der Waals surface area contributed by atoms with E-state index >= 15 is 0 Å². The summed E-state index contributed by atoms with van der Waals surface area (Å²) in [5, 5.41) is 31.9. The predicted octanol–water partition coefficient (Wildman–Crippen LogP) is 1.90. The summed E-state index contributed by atoms with van der Waals surface area (Å²) in [6.45, 7) is 6.21. The lowest BCUT2D eigenvalue weighted by atomic mass is 10.0. The van der Waals surface area contributed by atoms with Crippen molar-refractivity contribution in [1.82, 2.24) is 35.7 Å². The van der Waals surface area contributed by atoms with Gasteiger partial charge in [-0.25, -0.2) is 14.6 Å². The SMILES string of the molecule is CC(C)[C@H](NC(=O)[C@H](C)NC(=O)[C@@H]1CCCN1)C(=O)NCCc1ccc(O)c(-n2cnc(C[C@@H](C(=O)O)N(C)C(=O)OCc3ccccc3)c2)c1. The molecule has 0 aliphatic carbocycles. The summed E-state index contributed by atoms with van der Waals surface area (Å²) in [4.78, 5) is 68.4. The maximum atomic E-state index is 13.1. The fraction of sp³-hybridized carbons (Fsp3) is 0.444. The number of aromatic nitrogens is 2. The standard InChI is InChI=1S/C36H47N7O8/c1-22(2)31(41-32(45)23(3)40-33(46)27-11-8-15-37-27)34(47)38-16-14-24-12-13-30(44)28(17-24)43-19-26(39-21-43)18-29(35(48)49)42(4)36(50)51-20-25-9-6-5-7-10-25/h5-7,9-10,12-13,17,19,21-23,27,29,31,37,44H,8,11,14-16,18,20H2,1-4H3,(H,38,47)(H,40,46)(H,41,45)(H,48,49)/t23-,27-,29-,31-/m0/s1. The average Bonchev–Trinajstić information content (AvgIpc) is 3.82. The molecule has 1 fully saturated rings. The van der Waals surface area contributed by atoms with Gasteiger partial charge >= 0.3 is 12.1 Å². The number of carboxylic acids is 1. The molecular weight excluding hydrogens is 658 g/mol.